The van der Waals surface area contributed by atoms with Crippen molar-refractivity contribution in [3.8, 4) is 0 Å². The number of hydrogen-bond donors (Lipinski definition) is 1. The number of aryl methyl sites for hydroxylation is 1. The van der Waals surface area contributed by atoms with Crippen LogP contribution < -0.4 is 5.32 Å². The van der Waals surface area contributed by atoms with Crippen LogP contribution in [0.3, 0.4) is 0 Å². The van der Waals surface area contributed by atoms with Crippen LogP contribution in [-0.4, -0.2) is 40.8 Å². The minimum atomic E-state index is -3.88. The second-order valence-electron chi connectivity index (χ2n) is 7.02. The first-order chi connectivity index (χ1) is 13.9. The normalized spacial score (nSPS) is 17.7. The molecule has 152 valence electrons. The topological polar surface area (TPSA) is 84.3 Å². The van der Waals surface area contributed by atoms with E-state index in [1.807, 2.05) is 35.9 Å². The second-order valence-corrected chi connectivity index (χ2v) is 8.91. The summed E-state index contributed by atoms with van der Waals surface area (Å²) in [6, 6.07) is 11.5. The van der Waals surface area contributed by atoms with Gasteiger partial charge in [-0.15, -0.1) is 0 Å². The monoisotopic (exact) mass is 416 g/mol. The lowest BCUT2D eigenvalue weighted by molar-refractivity contribution is -0.124. The number of halogens is 1. The van der Waals surface area contributed by atoms with Crippen molar-refractivity contribution >= 4 is 27.0 Å². The van der Waals surface area contributed by atoms with Crippen LogP contribution in [0.4, 0.5) is 4.39 Å². The highest BCUT2D eigenvalue weighted by Crippen LogP contribution is 2.26. The molecule has 1 atom stereocenters. The van der Waals surface area contributed by atoms with Crippen molar-refractivity contribution in [2.45, 2.75) is 30.3 Å². The van der Waals surface area contributed by atoms with Crippen LogP contribution in [0.25, 0.3) is 11.0 Å². The molecule has 2 heterocycles. The van der Waals surface area contributed by atoms with Crippen molar-refractivity contribution in [1.82, 2.24) is 19.2 Å². The fourth-order valence-electron chi connectivity index (χ4n) is 3.67. The van der Waals surface area contributed by atoms with Gasteiger partial charge in [0.2, 0.25) is 15.9 Å². The molecule has 0 spiro atoms. The van der Waals surface area contributed by atoms with Crippen LogP contribution in [0, 0.1) is 5.82 Å². The first-order valence-electron chi connectivity index (χ1n) is 9.33. The standard InChI is InChI=1S/C20H21FN4O3S/c1-24-17-6-3-2-5-16(17)23-19(24)13-22-20(26)18-7-4-12-25(18)29(27,28)15-10-8-14(21)9-11-15/h2-3,5-6,8-11,18H,4,7,12-13H2,1H3,(H,22,26)/t18-/m0/s1. The summed E-state index contributed by atoms with van der Waals surface area (Å²) in [5.41, 5.74) is 1.79. The number of fused-ring (bicyclic) bond motifs is 1. The molecule has 1 N–H and O–H groups in total. The lowest BCUT2D eigenvalue weighted by atomic mass is 10.2. The maximum atomic E-state index is 13.1. The van der Waals surface area contributed by atoms with E-state index in [4.69, 9.17) is 0 Å². The third-order valence-electron chi connectivity index (χ3n) is 5.23. The maximum Gasteiger partial charge on any atom is 0.243 e. The molecule has 9 heteroatoms. The number of imidazole rings is 1. The Hall–Kier alpha value is -2.78. The fourth-order valence-corrected chi connectivity index (χ4v) is 5.33. The van der Waals surface area contributed by atoms with Gasteiger partial charge in [-0.1, -0.05) is 12.1 Å². The molecule has 4 rings (SSSR count). The van der Waals surface area contributed by atoms with E-state index in [1.165, 1.54) is 16.4 Å². The van der Waals surface area contributed by atoms with Crippen molar-refractivity contribution < 1.29 is 17.6 Å². The lowest BCUT2D eigenvalue weighted by Crippen LogP contribution is -2.45. The second kappa shape index (κ2) is 7.57. The Balaban J connectivity index is 1.50. The first kappa shape index (κ1) is 19.5. The number of benzene rings is 2. The Morgan fingerprint density at radius 1 is 1.21 bits per heavy atom. The third-order valence-corrected chi connectivity index (χ3v) is 7.15. The summed E-state index contributed by atoms with van der Waals surface area (Å²) >= 11 is 0. The summed E-state index contributed by atoms with van der Waals surface area (Å²) in [6.45, 7) is 0.453. The summed E-state index contributed by atoms with van der Waals surface area (Å²) in [5.74, 6) is -0.187. The Bertz CT molecular complexity index is 1160. The number of carbonyl (C=O) groups is 1. The highest BCUT2D eigenvalue weighted by Gasteiger charge is 2.39. The molecule has 0 aliphatic carbocycles. The molecule has 1 amide bonds. The highest BCUT2D eigenvalue weighted by molar-refractivity contribution is 7.89. The molecule has 0 unspecified atom stereocenters. The highest BCUT2D eigenvalue weighted by atomic mass is 32.2. The van der Waals surface area contributed by atoms with Crippen LogP contribution >= 0.6 is 0 Å². The van der Waals surface area contributed by atoms with Crippen molar-refractivity contribution in [2.24, 2.45) is 7.05 Å². The van der Waals surface area contributed by atoms with Gasteiger partial charge in [-0.25, -0.2) is 17.8 Å². The smallest absolute Gasteiger partial charge is 0.243 e. The molecule has 0 saturated carbocycles. The molecule has 7 nitrogen and oxygen atoms in total. The molecule has 1 aliphatic heterocycles. The molecule has 2 aromatic carbocycles. The summed E-state index contributed by atoms with van der Waals surface area (Å²) in [7, 11) is -2.00. The van der Waals surface area contributed by atoms with Crippen LogP contribution in [0.5, 0.6) is 0 Å². The number of para-hydroxylation sites is 2. The molecule has 1 fully saturated rings. The molecular weight excluding hydrogens is 395 g/mol. The Morgan fingerprint density at radius 2 is 1.93 bits per heavy atom. The van der Waals surface area contributed by atoms with Gasteiger partial charge in [0.1, 0.15) is 17.7 Å². The summed E-state index contributed by atoms with van der Waals surface area (Å²) in [6.07, 6.45) is 1.03. The molecule has 0 radical (unpaired) electrons. The molecule has 0 bridgehead atoms. The van der Waals surface area contributed by atoms with Crippen LogP contribution in [-0.2, 0) is 28.4 Å². The van der Waals surface area contributed by atoms with E-state index in [0.717, 1.165) is 23.2 Å². The number of rotatable bonds is 5. The molecule has 1 aliphatic rings. The molecule has 1 aromatic heterocycles. The Kier molecular flexibility index (Phi) is 5.10. The summed E-state index contributed by atoms with van der Waals surface area (Å²) in [5, 5.41) is 2.82. The zero-order valence-electron chi connectivity index (χ0n) is 15.9. The van der Waals surface area contributed by atoms with E-state index in [9.17, 15) is 17.6 Å². The van der Waals surface area contributed by atoms with E-state index in [1.54, 1.807) is 0 Å². The average Bonchev–Trinajstić information content (AvgIpc) is 3.33. The number of nitrogens with zero attached hydrogens (tertiary/aromatic N) is 3. The Morgan fingerprint density at radius 3 is 2.66 bits per heavy atom. The van der Waals surface area contributed by atoms with Gasteiger partial charge in [0.25, 0.3) is 0 Å². The predicted octanol–water partition coefficient (Wildman–Crippen LogP) is 2.18. The summed E-state index contributed by atoms with van der Waals surface area (Å²) < 4.78 is 42.1. The molecule has 1 saturated heterocycles. The lowest BCUT2D eigenvalue weighted by Gasteiger charge is -2.23. The van der Waals surface area contributed by atoms with E-state index in [-0.39, 0.29) is 23.9 Å². The Labute approximate surface area is 168 Å². The number of aromatic nitrogens is 2. The van der Waals surface area contributed by atoms with Gasteiger partial charge >= 0.3 is 0 Å². The van der Waals surface area contributed by atoms with Gasteiger partial charge in [0.15, 0.2) is 0 Å². The van der Waals surface area contributed by atoms with E-state index >= 15 is 0 Å². The van der Waals surface area contributed by atoms with Crippen molar-refractivity contribution in [2.75, 3.05) is 6.54 Å². The predicted molar refractivity (Wildman–Crippen MR) is 106 cm³/mol. The van der Waals surface area contributed by atoms with Gasteiger partial charge in [0, 0.05) is 13.6 Å². The van der Waals surface area contributed by atoms with Gasteiger partial charge in [0.05, 0.1) is 22.5 Å². The van der Waals surface area contributed by atoms with Gasteiger partial charge in [-0.3, -0.25) is 4.79 Å². The maximum absolute atomic E-state index is 13.1. The zero-order chi connectivity index (χ0) is 20.6. The molecule has 3 aromatic rings. The minimum absolute atomic E-state index is 0.0195. The number of sulfonamides is 1. The molecule has 29 heavy (non-hydrogen) atoms. The van der Waals surface area contributed by atoms with Gasteiger partial charge in [-0.2, -0.15) is 4.31 Å². The number of carbonyl (C=O) groups excluding carboxylic acids is 1. The van der Waals surface area contributed by atoms with Crippen molar-refractivity contribution in [3.63, 3.8) is 0 Å². The quantitative estimate of drug-likeness (QED) is 0.691. The van der Waals surface area contributed by atoms with E-state index in [0.29, 0.717) is 18.7 Å². The minimum Gasteiger partial charge on any atom is -0.347 e. The van der Waals surface area contributed by atoms with Gasteiger partial charge < -0.3 is 9.88 Å². The van der Waals surface area contributed by atoms with Crippen LogP contribution in [0.1, 0.15) is 18.7 Å². The SMILES string of the molecule is Cn1c(CNC(=O)[C@@H]2CCCN2S(=O)(=O)c2ccc(F)cc2)nc2ccccc21. The fraction of sp³-hybridized carbons (Fsp3) is 0.300. The largest absolute Gasteiger partial charge is 0.347 e. The van der Waals surface area contributed by atoms with Gasteiger partial charge in [-0.05, 0) is 49.2 Å². The average molecular weight is 416 g/mol. The number of amides is 1. The van der Waals surface area contributed by atoms with Crippen molar-refractivity contribution in [1.29, 1.82) is 0 Å². The van der Waals surface area contributed by atoms with Crippen molar-refractivity contribution in [3.05, 3.63) is 60.2 Å². The van der Waals surface area contributed by atoms with E-state index < -0.39 is 21.9 Å². The van der Waals surface area contributed by atoms with E-state index in [2.05, 4.69) is 10.3 Å². The van der Waals surface area contributed by atoms with Crippen LogP contribution in [0.15, 0.2) is 53.4 Å². The number of nitrogens with one attached hydrogen (secondary N) is 1. The third kappa shape index (κ3) is 3.63. The number of hydrogen-bond acceptors (Lipinski definition) is 4. The zero-order valence-corrected chi connectivity index (χ0v) is 16.7. The summed E-state index contributed by atoms with van der Waals surface area (Å²) in [4.78, 5) is 17.3. The molecular formula is C20H21FN4O3S. The first-order valence-corrected chi connectivity index (χ1v) is 10.8. The van der Waals surface area contributed by atoms with Crippen LogP contribution in [0.2, 0.25) is 0 Å².